The van der Waals surface area contributed by atoms with Crippen LogP contribution in [0.15, 0.2) is 70.0 Å². The minimum Gasteiger partial charge on any atom is -0.480 e. The quantitative estimate of drug-likeness (QED) is 0.318. The Bertz CT molecular complexity index is 1330. The van der Waals surface area contributed by atoms with E-state index in [2.05, 4.69) is 36.1 Å². The first-order chi connectivity index (χ1) is 16.5. The van der Waals surface area contributed by atoms with Crippen molar-refractivity contribution in [3.63, 3.8) is 0 Å². The van der Waals surface area contributed by atoms with Crippen LogP contribution in [-0.2, 0) is 11.3 Å². The lowest BCUT2D eigenvalue weighted by Gasteiger charge is -2.33. The van der Waals surface area contributed by atoms with Gasteiger partial charge in [0.25, 0.3) is 0 Å². The fourth-order valence-corrected chi connectivity index (χ4v) is 5.51. The highest BCUT2D eigenvalue weighted by Crippen LogP contribution is 2.35. The molecule has 34 heavy (non-hydrogen) atoms. The molecule has 1 N–H and O–H groups in total. The van der Waals surface area contributed by atoms with Gasteiger partial charge in [-0.15, -0.1) is 11.8 Å². The molecule has 0 bridgehead atoms. The summed E-state index contributed by atoms with van der Waals surface area (Å²) in [6.07, 6.45) is 4.75. The summed E-state index contributed by atoms with van der Waals surface area (Å²) < 4.78 is 6.24. The van der Waals surface area contributed by atoms with Crippen molar-refractivity contribution in [3.05, 3.63) is 71.8 Å². The SMILES string of the molecule is CSc1cc2oc(-c3cccc(-c4ccccc4)c3C)nc2cc1CN1CCCCC1C(=O)O. The number of hydrogen-bond acceptors (Lipinski definition) is 5. The van der Waals surface area contributed by atoms with Crippen LogP contribution >= 0.6 is 11.8 Å². The highest BCUT2D eigenvalue weighted by atomic mass is 32.2. The van der Waals surface area contributed by atoms with E-state index in [1.54, 1.807) is 11.8 Å². The number of hydrogen-bond donors (Lipinski definition) is 1. The van der Waals surface area contributed by atoms with Gasteiger partial charge in [-0.05, 0) is 73.0 Å². The molecule has 0 radical (unpaired) electrons. The Morgan fingerprint density at radius 3 is 2.68 bits per heavy atom. The molecule has 1 saturated heterocycles. The summed E-state index contributed by atoms with van der Waals surface area (Å²) in [5.41, 5.74) is 7.09. The van der Waals surface area contributed by atoms with Crippen molar-refractivity contribution < 1.29 is 14.3 Å². The molecular formula is C28H28N2O3S. The molecule has 0 spiro atoms. The lowest BCUT2D eigenvalue weighted by atomic mass is 9.96. The number of aromatic nitrogens is 1. The van der Waals surface area contributed by atoms with Crippen LogP contribution in [0, 0.1) is 6.92 Å². The maximum atomic E-state index is 11.8. The molecule has 1 aliphatic heterocycles. The Morgan fingerprint density at radius 2 is 1.91 bits per heavy atom. The maximum Gasteiger partial charge on any atom is 0.320 e. The monoisotopic (exact) mass is 472 g/mol. The smallest absolute Gasteiger partial charge is 0.320 e. The highest BCUT2D eigenvalue weighted by molar-refractivity contribution is 7.98. The van der Waals surface area contributed by atoms with E-state index in [1.165, 1.54) is 5.56 Å². The predicted octanol–water partition coefficient (Wildman–Crippen LogP) is 6.63. The molecule has 5 nitrogen and oxygen atoms in total. The first-order valence-corrected chi connectivity index (χ1v) is 12.9. The molecule has 2 heterocycles. The van der Waals surface area contributed by atoms with Crippen molar-refractivity contribution in [3.8, 4) is 22.6 Å². The van der Waals surface area contributed by atoms with Crippen molar-refractivity contribution in [2.45, 2.75) is 43.7 Å². The van der Waals surface area contributed by atoms with Gasteiger partial charge in [0.15, 0.2) is 5.58 Å². The van der Waals surface area contributed by atoms with Gasteiger partial charge in [0.05, 0.1) is 0 Å². The normalized spacial score (nSPS) is 16.7. The minimum atomic E-state index is -0.732. The van der Waals surface area contributed by atoms with Crippen molar-refractivity contribution in [2.75, 3.05) is 12.8 Å². The zero-order valence-corrected chi connectivity index (χ0v) is 20.3. The number of likely N-dealkylation sites (tertiary alicyclic amines) is 1. The van der Waals surface area contributed by atoms with Gasteiger partial charge in [-0.3, -0.25) is 9.69 Å². The van der Waals surface area contributed by atoms with Crippen LogP contribution in [0.1, 0.15) is 30.4 Å². The first kappa shape index (κ1) is 22.7. The summed E-state index contributed by atoms with van der Waals surface area (Å²) in [6, 6.07) is 20.2. The lowest BCUT2D eigenvalue weighted by Crippen LogP contribution is -2.44. The lowest BCUT2D eigenvalue weighted by molar-refractivity contribution is -0.144. The Hall–Kier alpha value is -3.09. The van der Waals surface area contributed by atoms with E-state index in [0.29, 0.717) is 18.9 Å². The highest BCUT2D eigenvalue weighted by Gasteiger charge is 2.29. The molecule has 1 aliphatic rings. The van der Waals surface area contributed by atoms with Crippen molar-refractivity contribution in [1.82, 2.24) is 9.88 Å². The second-order valence-corrected chi connectivity index (χ2v) is 9.66. The Morgan fingerprint density at radius 1 is 1.12 bits per heavy atom. The largest absolute Gasteiger partial charge is 0.480 e. The fourth-order valence-electron chi connectivity index (χ4n) is 4.90. The molecule has 0 amide bonds. The van der Waals surface area contributed by atoms with E-state index in [9.17, 15) is 9.90 Å². The summed E-state index contributed by atoms with van der Waals surface area (Å²) in [6.45, 7) is 3.51. The number of benzene rings is 3. The van der Waals surface area contributed by atoms with Crippen LogP contribution in [0.2, 0.25) is 0 Å². The van der Waals surface area contributed by atoms with Gasteiger partial charge in [-0.2, -0.15) is 0 Å². The molecule has 174 valence electrons. The molecule has 6 heteroatoms. The molecule has 1 unspecified atom stereocenters. The third-order valence-electron chi connectivity index (χ3n) is 6.71. The second kappa shape index (κ2) is 9.65. The molecule has 1 fully saturated rings. The summed E-state index contributed by atoms with van der Waals surface area (Å²) in [7, 11) is 0. The number of carboxylic acid groups (broad SMARTS) is 1. The Balaban J connectivity index is 1.52. The number of nitrogens with zero attached hydrogens (tertiary/aromatic N) is 2. The molecule has 0 aliphatic carbocycles. The number of thioether (sulfide) groups is 1. The van der Waals surface area contributed by atoms with E-state index < -0.39 is 12.0 Å². The van der Waals surface area contributed by atoms with E-state index in [4.69, 9.17) is 9.40 Å². The van der Waals surface area contributed by atoms with Crippen LogP contribution in [0.4, 0.5) is 0 Å². The minimum absolute atomic E-state index is 0.421. The van der Waals surface area contributed by atoms with E-state index in [1.807, 2.05) is 42.7 Å². The topological polar surface area (TPSA) is 66.6 Å². The third kappa shape index (κ3) is 4.36. The van der Waals surface area contributed by atoms with Gasteiger partial charge in [0.2, 0.25) is 5.89 Å². The number of rotatable bonds is 6. The number of aliphatic carboxylic acids is 1. The molecule has 1 aromatic heterocycles. The van der Waals surface area contributed by atoms with Gasteiger partial charge >= 0.3 is 5.97 Å². The van der Waals surface area contributed by atoms with Gasteiger partial charge in [-0.25, -0.2) is 4.98 Å². The Kier molecular flexibility index (Phi) is 6.44. The van der Waals surface area contributed by atoms with Crippen LogP contribution in [0.5, 0.6) is 0 Å². The summed E-state index contributed by atoms with van der Waals surface area (Å²) in [4.78, 5) is 19.8. The molecule has 3 aromatic carbocycles. The third-order valence-corrected chi connectivity index (χ3v) is 7.53. The van der Waals surface area contributed by atoms with Gasteiger partial charge in [0.1, 0.15) is 11.6 Å². The average molecular weight is 473 g/mol. The molecular weight excluding hydrogens is 444 g/mol. The molecule has 1 atom stereocenters. The zero-order chi connectivity index (χ0) is 23.7. The van der Waals surface area contributed by atoms with Crippen LogP contribution in [-0.4, -0.2) is 39.8 Å². The molecule has 5 rings (SSSR count). The number of carboxylic acids is 1. The van der Waals surface area contributed by atoms with E-state index >= 15 is 0 Å². The van der Waals surface area contributed by atoms with Crippen molar-refractivity contribution >= 4 is 28.8 Å². The molecule has 4 aromatic rings. The van der Waals surface area contributed by atoms with Crippen LogP contribution in [0.3, 0.4) is 0 Å². The van der Waals surface area contributed by atoms with Crippen LogP contribution in [0.25, 0.3) is 33.7 Å². The van der Waals surface area contributed by atoms with Gasteiger partial charge in [-0.1, -0.05) is 48.9 Å². The average Bonchev–Trinajstić information content (AvgIpc) is 3.27. The number of carbonyl (C=O) groups is 1. The first-order valence-electron chi connectivity index (χ1n) is 11.6. The van der Waals surface area contributed by atoms with Gasteiger partial charge in [0, 0.05) is 17.0 Å². The second-order valence-electron chi connectivity index (χ2n) is 8.82. The number of fused-ring (bicyclic) bond motifs is 1. The van der Waals surface area contributed by atoms with Crippen molar-refractivity contribution in [1.29, 1.82) is 0 Å². The predicted molar refractivity (Wildman–Crippen MR) is 137 cm³/mol. The zero-order valence-electron chi connectivity index (χ0n) is 19.5. The van der Waals surface area contributed by atoms with Crippen molar-refractivity contribution in [2.24, 2.45) is 0 Å². The van der Waals surface area contributed by atoms with Gasteiger partial charge < -0.3 is 9.52 Å². The standard InChI is InChI=1S/C28H28N2O3S/c1-18-21(19-9-4-3-5-10-19)11-8-12-22(18)27-29-23-15-20(26(34-2)16-25(23)33-27)17-30-14-7-6-13-24(30)28(31)32/h3-5,8-12,15-16,24H,6-7,13-14,17H2,1-2H3,(H,31,32). The van der Waals surface area contributed by atoms with E-state index in [-0.39, 0.29) is 0 Å². The maximum absolute atomic E-state index is 11.8. The van der Waals surface area contributed by atoms with Crippen LogP contribution < -0.4 is 0 Å². The Labute approximate surface area is 203 Å². The summed E-state index contributed by atoms with van der Waals surface area (Å²) in [5, 5.41) is 9.67. The van der Waals surface area contributed by atoms with E-state index in [0.717, 1.165) is 57.6 Å². The number of oxazole rings is 1. The summed E-state index contributed by atoms with van der Waals surface area (Å²) >= 11 is 1.65. The summed E-state index contributed by atoms with van der Waals surface area (Å²) in [5.74, 6) is -0.125. The molecule has 0 saturated carbocycles. The fraction of sp³-hybridized carbons (Fsp3) is 0.286. The number of piperidine rings is 1.